The normalized spacial score (nSPS) is 10.4. The number of hydrogen-bond acceptors (Lipinski definition) is 3. The molecular formula is C17H20N2OS. The largest absolute Gasteiger partial charge is 0.398 e. The van der Waals surface area contributed by atoms with E-state index in [2.05, 4.69) is 19.1 Å². The second-order valence-electron chi connectivity index (χ2n) is 5.17. The molecule has 2 rings (SSSR count). The number of aryl methyl sites for hydroxylation is 1. The average molecular weight is 300 g/mol. The number of thioether (sulfide) groups is 1. The second kappa shape index (κ2) is 6.68. The maximum atomic E-state index is 11.9. The molecule has 0 fully saturated rings. The third-order valence-electron chi connectivity index (χ3n) is 3.31. The molecular weight excluding hydrogens is 280 g/mol. The summed E-state index contributed by atoms with van der Waals surface area (Å²) in [5.41, 5.74) is 9.93. The molecule has 2 aromatic carbocycles. The predicted molar refractivity (Wildman–Crippen MR) is 89.6 cm³/mol. The maximum absolute atomic E-state index is 11.9. The van der Waals surface area contributed by atoms with Crippen LogP contribution in [-0.2, 0) is 5.75 Å². The summed E-state index contributed by atoms with van der Waals surface area (Å²) in [4.78, 5) is 14.5. The van der Waals surface area contributed by atoms with Crippen molar-refractivity contribution in [3.8, 4) is 0 Å². The number of hydrogen-bond donors (Lipinski definition) is 1. The number of nitrogen functional groups attached to an aromatic ring is 1. The first kappa shape index (κ1) is 15.4. The molecule has 0 unspecified atom stereocenters. The monoisotopic (exact) mass is 300 g/mol. The molecule has 21 heavy (non-hydrogen) atoms. The molecule has 1 amide bonds. The lowest BCUT2D eigenvalue weighted by Gasteiger charge is -2.12. The highest BCUT2D eigenvalue weighted by molar-refractivity contribution is 7.98. The van der Waals surface area contributed by atoms with Crippen LogP contribution in [0, 0.1) is 6.92 Å². The molecule has 0 saturated carbocycles. The number of amides is 1. The van der Waals surface area contributed by atoms with Gasteiger partial charge in [-0.25, -0.2) is 0 Å². The van der Waals surface area contributed by atoms with Crippen LogP contribution < -0.4 is 5.73 Å². The fourth-order valence-corrected chi connectivity index (χ4v) is 3.02. The first-order chi connectivity index (χ1) is 9.99. The number of carbonyl (C=O) groups is 1. The lowest BCUT2D eigenvalue weighted by Crippen LogP contribution is -2.21. The minimum atomic E-state index is -0.0304. The van der Waals surface area contributed by atoms with Crippen molar-refractivity contribution in [3.63, 3.8) is 0 Å². The average Bonchev–Trinajstić information content (AvgIpc) is 2.46. The summed E-state index contributed by atoms with van der Waals surface area (Å²) in [6.45, 7) is 2.11. The Morgan fingerprint density at radius 2 is 1.90 bits per heavy atom. The summed E-state index contributed by atoms with van der Waals surface area (Å²) in [5, 5.41) is 0. The van der Waals surface area contributed by atoms with Gasteiger partial charge in [-0.05, 0) is 36.2 Å². The van der Waals surface area contributed by atoms with Crippen molar-refractivity contribution in [3.05, 3.63) is 59.2 Å². The standard InChI is InChI=1S/C17H20N2OS/c1-12-6-4-5-7-14(12)11-21-16-9-8-13(10-15(16)18)17(20)19(2)3/h4-10H,11,18H2,1-3H3. The minimum absolute atomic E-state index is 0.0304. The van der Waals surface area contributed by atoms with E-state index in [1.54, 1.807) is 36.8 Å². The van der Waals surface area contributed by atoms with E-state index in [1.807, 2.05) is 24.3 Å². The van der Waals surface area contributed by atoms with Crippen molar-refractivity contribution in [2.45, 2.75) is 17.6 Å². The molecule has 0 spiro atoms. The zero-order chi connectivity index (χ0) is 15.4. The third-order valence-corrected chi connectivity index (χ3v) is 4.45. The molecule has 0 radical (unpaired) electrons. The van der Waals surface area contributed by atoms with Crippen LogP contribution in [-0.4, -0.2) is 24.9 Å². The quantitative estimate of drug-likeness (QED) is 0.693. The summed E-state index contributed by atoms with van der Waals surface area (Å²) in [5.74, 6) is 0.842. The third kappa shape index (κ3) is 3.79. The van der Waals surface area contributed by atoms with Crippen molar-refractivity contribution in [2.75, 3.05) is 19.8 Å². The molecule has 0 aliphatic heterocycles. The van der Waals surface area contributed by atoms with Crippen LogP contribution >= 0.6 is 11.8 Å². The van der Waals surface area contributed by atoms with E-state index < -0.39 is 0 Å². The highest BCUT2D eigenvalue weighted by atomic mass is 32.2. The van der Waals surface area contributed by atoms with Crippen LogP contribution in [0.15, 0.2) is 47.4 Å². The van der Waals surface area contributed by atoms with Gasteiger partial charge in [-0.3, -0.25) is 4.79 Å². The van der Waals surface area contributed by atoms with Gasteiger partial charge in [-0.1, -0.05) is 24.3 Å². The Morgan fingerprint density at radius 1 is 1.19 bits per heavy atom. The van der Waals surface area contributed by atoms with Crippen LogP contribution in [0.2, 0.25) is 0 Å². The van der Waals surface area contributed by atoms with E-state index >= 15 is 0 Å². The van der Waals surface area contributed by atoms with Gasteiger partial charge in [0.25, 0.3) is 5.91 Å². The van der Waals surface area contributed by atoms with Gasteiger partial charge in [-0.2, -0.15) is 0 Å². The van der Waals surface area contributed by atoms with Crippen molar-refractivity contribution >= 4 is 23.4 Å². The topological polar surface area (TPSA) is 46.3 Å². The zero-order valence-electron chi connectivity index (χ0n) is 12.6. The maximum Gasteiger partial charge on any atom is 0.253 e. The zero-order valence-corrected chi connectivity index (χ0v) is 13.4. The summed E-state index contributed by atoms with van der Waals surface area (Å²) in [6, 6.07) is 13.8. The molecule has 4 heteroatoms. The van der Waals surface area contributed by atoms with E-state index in [0.717, 1.165) is 10.6 Å². The first-order valence-corrected chi connectivity index (χ1v) is 7.76. The van der Waals surface area contributed by atoms with Crippen LogP contribution in [0.3, 0.4) is 0 Å². The Labute approximate surface area is 130 Å². The highest BCUT2D eigenvalue weighted by Gasteiger charge is 2.10. The van der Waals surface area contributed by atoms with E-state index in [4.69, 9.17) is 5.73 Å². The number of nitrogens with zero attached hydrogens (tertiary/aromatic N) is 1. The van der Waals surface area contributed by atoms with Crippen molar-refractivity contribution < 1.29 is 4.79 Å². The van der Waals surface area contributed by atoms with Gasteiger partial charge in [0.15, 0.2) is 0 Å². The van der Waals surface area contributed by atoms with E-state index in [0.29, 0.717) is 11.3 Å². The van der Waals surface area contributed by atoms with E-state index in [9.17, 15) is 4.79 Å². The Bertz CT molecular complexity index is 653. The molecule has 0 atom stereocenters. The van der Waals surface area contributed by atoms with Crippen LogP contribution in [0.4, 0.5) is 5.69 Å². The summed E-state index contributed by atoms with van der Waals surface area (Å²) in [6.07, 6.45) is 0. The predicted octanol–water partition coefficient (Wildman–Crippen LogP) is 3.57. The molecule has 3 nitrogen and oxygen atoms in total. The Balaban J connectivity index is 2.12. The minimum Gasteiger partial charge on any atom is -0.398 e. The lowest BCUT2D eigenvalue weighted by atomic mass is 10.1. The smallest absolute Gasteiger partial charge is 0.253 e. The number of nitrogens with two attached hydrogens (primary N) is 1. The molecule has 0 aliphatic carbocycles. The number of carbonyl (C=O) groups excluding carboxylic acids is 1. The van der Waals surface area contributed by atoms with Crippen LogP contribution in [0.1, 0.15) is 21.5 Å². The number of benzene rings is 2. The van der Waals surface area contributed by atoms with Gasteiger partial charge in [0.2, 0.25) is 0 Å². The fraction of sp³-hybridized carbons (Fsp3) is 0.235. The van der Waals surface area contributed by atoms with Gasteiger partial charge in [-0.15, -0.1) is 11.8 Å². The van der Waals surface area contributed by atoms with Crippen molar-refractivity contribution in [1.29, 1.82) is 0 Å². The van der Waals surface area contributed by atoms with Crippen molar-refractivity contribution in [2.24, 2.45) is 0 Å². The SMILES string of the molecule is Cc1ccccc1CSc1ccc(C(=O)N(C)C)cc1N. The molecule has 2 aromatic rings. The van der Waals surface area contributed by atoms with Gasteiger partial charge in [0.05, 0.1) is 0 Å². The molecule has 0 aliphatic rings. The van der Waals surface area contributed by atoms with E-state index in [-0.39, 0.29) is 5.91 Å². The van der Waals surface area contributed by atoms with Crippen LogP contribution in [0.5, 0.6) is 0 Å². The van der Waals surface area contributed by atoms with Gasteiger partial charge >= 0.3 is 0 Å². The summed E-state index contributed by atoms with van der Waals surface area (Å²) in [7, 11) is 3.47. The molecule has 0 saturated heterocycles. The lowest BCUT2D eigenvalue weighted by molar-refractivity contribution is 0.0827. The number of anilines is 1. The molecule has 0 bridgehead atoms. The van der Waals surface area contributed by atoms with Gasteiger partial charge in [0, 0.05) is 36.0 Å². The fourth-order valence-electron chi connectivity index (χ4n) is 2.00. The highest BCUT2D eigenvalue weighted by Crippen LogP contribution is 2.29. The number of rotatable bonds is 4. The van der Waals surface area contributed by atoms with Crippen molar-refractivity contribution in [1.82, 2.24) is 4.90 Å². The molecule has 0 aromatic heterocycles. The Kier molecular flexibility index (Phi) is 4.91. The second-order valence-corrected chi connectivity index (χ2v) is 6.18. The van der Waals surface area contributed by atoms with Crippen LogP contribution in [0.25, 0.3) is 0 Å². The van der Waals surface area contributed by atoms with Gasteiger partial charge in [0.1, 0.15) is 0 Å². The summed E-state index contributed by atoms with van der Waals surface area (Å²) < 4.78 is 0. The Morgan fingerprint density at radius 3 is 2.52 bits per heavy atom. The van der Waals surface area contributed by atoms with E-state index in [1.165, 1.54) is 11.1 Å². The molecule has 110 valence electrons. The molecule has 0 heterocycles. The Hall–Kier alpha value is -1.94. The molecule has 2 N–H and O–H groups in total. The van der Waals surface area contributed by atoms with Gasteiger partial charge < -0.3 is 10.6 Å². The summed E-state index contributed by atoms with van der Waals surface area (Å²) >= 11 is 1.69. The first-order valence-electron chi connectivity index (χ1n) is 6.77.